The Kier molecular flexibility index (Phi) is 12.5. The van der Waals surface area contributed by atoms with Crippen LogP contribution in [-0.2, 0) is 0 Å². The second kappa shape index (κ2) is 20.9. The highest BCUT2D eigenvalue weighted by Gasteiger charge is 2.17. The first-order valence-corrected chi connectivity index (χ1v) is 27.5. The van der Waals surface area contributed by atoms with Gasteiger partial charge in [0.25, 0.3) is 0 Å². The molecule has 0 N–H and O–H groups in total. The molecule has 2 heterocycles. The van der Waals surface area contributed by atoms with E-state index in [-0.39, 0.29) is 0 Å². The zero-order valence-electron chi connectivity index (χ0n) is 44.6. The lowest BCUT2D eigenvalue weighted by atomic mass is 9.97. The van der Waals surface area contributed by atoms with Crippen molar-refractivity contribution in [1.29, 1.82) is 0 Å². The molecule has 0 aliphatic carbocycles. The first kappa shape index (κ1) is 48.6. The molecule has 14 aromatic rings. The number of benzene rings is 12. The Morgan fingerprint density at radius 1 is 0.321 bits per heavy atom. The Morgan fingerprint density at radius 2 is 0.679 bits per heavy atom. The van der Waals surface area contributed by atoms with Crippen molar-refractivity contribution < 1.29 is 4.42 Å². The number of nitrogens with zero attached hydrogens (tertiary/aromatic N) is 2. The molecule has 0 atom stereocenters. The predicted octanol–water partition coefficient (Wildman–Crippen LogP) is 21.9. The number of aromatic nitrogens is 1. The molecular weight excluding hydrogens is 981 g/mol. The molecule has 0 spiro atoms. The summed E-state index contributed by atoms with van der Waals surface area (Å²) in [5.74, 6) is 0. The Hall–Kier alpha value is -10.7. The zero-order chi connectivity index (χ0) is 54.2. The fourth-order valence-corrected chi connectivity index (χ4v) is 11.6. The van der Waals surface area contributed by atoms with Crippen LogP contribution in [0.15, 0.2) is 321 Å². The van der Waals surface area contributed by atoms with Crippen molar-refractivity contribution >= 4 is 66.4 Å². The van der Waals surface area contributed by atoms with Gasteiger partial charge >= 0.3 is 0 Å². The number of para-hydroxylation sites is 2. The SMILES string of the molecule is C=CC=C(C=C)c1ccc(-c2ccc(N(c3ccc(-c4ccc(-c5ccccc5)cc4)cc3)c3ccc(-c4ccc5oc6ccc(-c7ccc(-c8ccc9c(c8)c8ccccc8n9-c8ccccc8)cc7)cc6c5c4)cc3)cc2)cc1. The Labute approximate surface area is 472 Å². The highest BCUT2D eigenvalue weighted by molar-refractivity contribution is 6.11. The quantitative estimate of drug-likeness (QED) is 0.107. The van der Waals surface area contributed by atoms with Gasteiger partial charge in [0.2, 0.25) is 0 Å². The van der Waals surface area contributed by atoms with Crippen LogP contribution in [0.1, 0.15) is 5.56 Å². The largest absolute Gasteiger partial charge is 0.456 e. The second-order valence-electron chi connectivity index (χ2n) is 20.6. The van der Waals surface area contributed by atoms with Crippen LogP contribution in [0.5, 0.6) is 0 Å². The van der Waals surface area contributed by atoms with Gasteiger partial charge in [-0.05, 0) is 169 Å². The van der Waals surface area contributed by atoms with Gasteiger partial charge in [-0.3, -0.25) is 0 Å². The molecule has 0 aliphatic heterocycles. The minimum atomic E-state index is 0.870. The maximum atomic E-state index is 6.46. The van der Waals surface area contributed by atoms with Gasteiger partial charge in [0.05, 0.1) is 11.0 Å². The molecule has 3 heteroatoms. The molecule has 3 nitrogen and oxygen atoms in total. The van der Waals surface area contributed by atoms with Crippen molar-refractivity contribution in [1.82, 2.24) is 4.57 Å². The third-order valence-electron chi connectivity index (χ3n) is 15.8. The van der Waals surface area contributed by atoms with Crippen LogP contribution in [0, 0.1) is 0 Å². The molecule has 0 aliphatic rings. The van der Waals surface area contributed by atoms with Crippen molar-refractivity contribution in [2.24, 2.45) is 0 Å². The third kappa shape index (κ3) is 9.23. The first-order valence-electron chi connectivity index (χ1n) is 27.5. The molecule has 81 heavy (non-hydrogen) atoms. The summed E-state index contributed by atoms with van der Waals surface area (Å²) in [5, 5.41) is 4.68. The Morgan fingerprint density at radius 3 is 1.15 bits per heavy atom. The monoisotopic (exact) mass is 1030 g/mol. The lowest BCUT2D eigenvalue weighted by molar-refractivity contribution is 0.669. The Bertz CT molecular complexity index is 4640. The molecular formula is C78H54N2O. The number of rotatable bonds is 13. The van der Waals surface area contributed by atoms with Gasteiger partial charge in [0, 0.05) is 44.3 Å². The van der Waals surface area contributed by atoms with Crippen LogP contribution in [0.4, 0.5) is 17.1 Å². The molecule has 382 valence electrons. The number of hydrogen-bond donors (Lipinski definition) is 0. The van der Waals surface area contributed by atoms with Gasteiger partial charge in [0.1, 0.15) is 11.2 Å². The summed E-state index contributed by atoms with van der Waals surface area (Å²) in [4.78, 5) is 2.33. The fraction of sp³-hybridized carbons (Fsp3) is 0. The van der Waals surface area contributed by atoms with E-state index in [1.165, 1.54) is 49.6 Å². The molecule has 0 unspecified atom stereocenters. The third-order valence-corrected chi connectivity index (χ3v) is 15.8. The van der Waals surface area contributed by atoms with Gasteiger partial charge in [-0.2, -0.15) is 0 Å². The van der Waals surface area contributed by atoms with Crippen LogP contribution in [0.2, 0.25) is 0 Å². The van der Waals surface area contributed by atoms with Crippen LogP contribution >= 0.6 is 0 Å². The van der Waals surface area contributed by atoms with Crippen molar-refractivity contribution in [3.05, 3.63) is 322 Å². The number of anilines is 3. The van der Waals surface area contributed by atoms with E-state index in [9.17, 15) is 0 Å². The van der Waals surface area contributed by atoms with E-state index in [1.54, 1.807) is 6.08 Å². The number of allylic oxidation sites excluding steroid dienone is 4. The van der Waals surface area contributed by atoms with Crippen molar-refractivity contribution in [2.75, 3.05) is 4.90 Å². The van der Waals surface area contributed by atoms with Crippen LogP contribution in [-0.4, -0.2) is 4.57 Å². The lowest BCUT2D eigenvalue weighted by Crippen LogP contribution is -2.09. The number of hydrogen-bond acceptors (Lipinski definition) is 2. The summed E-state index contributed by atoms with van der Waals surface area (Å²) in [6, 6.07) is 103. The average molecular weight is 1040 g/mol. The summed E-state index contributed by atoms with van der Waals surface area (Å²) in [6.45, 7) is 7.87. The topological polar surface area (TPSA) is 21.3 Å². The van der Waals surface area contributed by atoms with Crippen molar-refractivity contribution in [2.45, 2.75) is 0 Å². The molecule has 0 saturated carbocycles. The molecule has 14 rings (SSSR count). The normalized spacial score (nSPS) is 11.6. The lowest BCUT2D eigenvalue weighted by Gasteiger charge is -2.26. The number of furan rings is 1. The van der Waals surface area contributed by atoms with Crippen LogP contribution < -0.4 is 4.90 Å². The van der Waals surface area contributed by atoms with E-state index in [1.807, 2.05) is 12.2 Å². The molecule has 0 bridgehead atoms. The maximum absolute atomic E-state index is 6.46. The van der Waals surface area contributed by atoms with Gasteiger partial charge in [-0.1, -0.05) is 226 Å². The fourth-order valence-electron chi connectivity index (χ4n) is 11.6. The summed E-state index contributed by atoms with van der Waals surface area (Å²) in [7, 11) is 0. The molecule has 0 fully saturated rings. The van der Waals surface area contributed by atoms with E-state index in [4.69, 9.17) is 4.42 Å². The summed E-state index contributed by atoms with van der Waals surface area (Å²) in [5.41, 5.74) is 24.6. The standard InChI is InChI=1S/C78H54N2O/c1-3-13-53(4-2)55-20-22-57(23-21-55)59-32-41-68(42-33-59)79(69-43-34-60(35-44-69)58-26-24-56(25-27-58)54-14-7-5-8-15-54)70-45-36-63(37-46-70)66-40-49-78-74(52-66)73-51-65(39-48-77(73)81-78)62-30-28-61(29-31-62)64-38-47-76-72(50-64)71-18-11-12-19-75(71)80(76)67-16-9-6-10-17-67/h3-52H,1-2H2. The number of fused-ring (bicyclic) bond motifs is 6. The van der Waals surface area contributed by atoms with Gasteiger partial charge in [-0.25, -0.2) is 0 Å². The highest BCUT2D eigenvalue weighted by Crippen LogP contribution is 2.41. The van der Waals surface area contributed by atoms with E-state index < -0.39 is 0 Å². The van der Waals surface area contributed by atoms with E-state index in [2.05, 4.69) is 308 Å². The molecule has 12 aromatic carbocycles. The molecule has 2 aromatic heterocycles. The summed E-state index contributed by atoms with van der Waals surface area (Å²) >= 11 is 0. The minimum absolute atomic E-state index is 0.870. The second-order valence-corrected chi connectivity index (χ2v) is 20.6. The molecule has 0 radical (unpaired) electrons. The van der Waals surface area contributed by atoms with E-state index in [0.717, 1.165) is 94.8 Å². The molecule has 0 saturated heterocycles. The predicted molar refractivity (Wildman–Crippen MR) is 344 cm³/mol. The van der Waals surface area contributed by atoms with E-state index >= 15 is 0 Å². The van der Waals surface area contributed by atoms with Gasteiger partial charge in [0.15, 0.2) is 0 Å². The Balaban J connectivity index is 0.755. The average Bonchev–Trinajstić information content (AvgIpc) is 4.25. The highest BCUT2D eigenvalue weighted by atomic mass is 16.3. The van der Waals surface area contributed by atoms with Gasteiger partial charge in [-0.15, -0.1) is 0 Å². The van der Waals surface area contributed by atoms with Crippen molar-refractivity contribution in [3.63, 3.8) is 0 Å². The van der Waals surface area contributed by atoms with Gasteiger partial charge < -0.3 is 13.9 Å². The minimum Gasteiger partial charge on any atom is -0.456 e. The summed E-state index contributed by atoms with van der Waals surface area (Å²) < 4.78 is 8.82. The maximum Gasteiger partial charge on any atom is 0.135 e. The first-order chi connectivity index (χ1) is 40.0. The van der Waals surface area contributed by atoms with E-state index in [0.29, 0.717) is 0 Å². The smallest absolute Gasteiger partial charge is 0.135 e. The van der Waals surface area contributed by atoms with Crippen LogP contribution in [0.3, 0.4) is 0 Å². The van der Waals surface area contributed by atoms with Crippen LogP contribution in [0.25, 0.3) is 122 Å². The summed E-state index contributed by atoms with van der Waals surface area (Å²) in [6.07, 6.45) is 5.65. The molecule has 0 amide bonds. The van der Waals surface area contributed by atoms with Crippen molar-refractivity contribution in [3.8, 4) is 72.4 Å². The zero-order valence-corrected chi connectivity index (χ0v) is 44.6.